The van der Waals surface area contributed by atoms with Crippen molar-refractivity contribution < 1.29 is 14.1 Å². The summed E-state index contributed by atoms with van der Waals surface area (Å²) >= 11 is 0. The van der Waals surface area contributed by atoms with Crippen LogP contribution in [0.25, 0.3) is 0 Å². The van der Waals surface area contributed by atoms with Gasteiger partial charge in [-0.2, -0.15) is 0 Å². The number of hydrogen-bond acceptors (Lipinski definition) is 4. The van der Waals surface area contributed by atoms with E-state index >= 15 is 0 Å². The maximum Gasteiger partial charge on any atom is 0.245 e. The molecule has 0 saturated heterocycles. The second-order valence-electron chi connectivity index (χ2n) is 5.35. The predicted octanol–water partition coefficient (Wildman–Crippen LogP) is 1.85. The fourth-order valence-corrected chi connectivity index (χ4v) is 2.29. The van der Waals surface area contributed by atoms with E-state index in [0.717, 1.165) is 18.4 Å². The fraction of sp³-hybridized carbons (Fsp3) is 0.312. The molecule has 0 aliphatic heterocycles. The topological polar surface area (TPSA) is 75.4 Å². The molecule has 6 nitrogen and oxygen atoms in total. The number of rotatable bonds is 6. The van der Waals surface area contributed by atoms with Crippen molar-refractivity contribution in [3.63, 3.8) is 0 Å². The summed E-state index contributed by atoms with van der Waals surface area (Å²) in [4.78, 5) is 26.1. The third-order valence-electron chi connectivity index (χ3n) is 3.53. The molecule has 0 bridgehead atoms. The van der Waals surface area contributed by atoms with Crippen LogP contribution in [0.1, 0.15) is 18.4 Å². The Bertz CT molecular complexity index is 636. The zero-order valence-electron chi connectivity index (χ0n) is 12.1. The van der Waals surface area contributed by atoms with E-state index in [1.807, 2.05) is 30.3 Å². The molecule has 2 aromatic rings. The van der Waals surface area contributed by atoms with Gasteiger partial charge in [-0.15, -0.1) is 0 Å². The lowest BCUT2D eigenvalue weighted by molar-refractivity contribution is -0.134. The van der Waals surface area contributed by atoms with Crippen LogP contribution in [0.3, 0.4) is 0 Å². The number of amides is 2. The molecule has 1 fully saturated rings. The van der Waals surface area contributed by atoms with Crippen LogP contribution in [0.15, 0.2) is 47.2 Å². The van der Waals surface area contributed by atoms with Gasteiger partial charge in [0.05, 0.1) is 6.42 Å². The Kier molecular flexibility index (Phi) is 4.18. The van der Waals surface area contributed by atoms with Gasteiger partial charge in [-0.25, -0.2) is 0 Å². The van der Waals surface area contributed by atoms with Gasteiger partial charge in [-0.3, -0.25) is 9.59 Å². The molecule has 0 unspecified atom stereocenters. The van der Waals surface area contributed by atoms with E-state index in [1.165, 1.54) is 6.26 Å². The minimum absolute atomic E-state index is 0.0241. The average Bonchev–Trinajstić information content (AvgIpc) is 3.23. The van der Waals surface area contributed by atoms with Gasteiger partial charge in [0.15, 0.2) is 5.82 Å². The molecule has 22 heavy (non-hydrogen) atoms. The standard InChI is InChI=1S/C16H17N3O3/c20-15(17-14-8-9-22-18-14)11-19(13-6-7-13)16(21)10-12-4-2-1-3-5-12/h1-5,8-9,13H,6-7,10-11H2,(H,17,18,20). The third-order valence-corrected chi connectivity index (χ3v) is 3.53. The largest absolute Gasteiger partial charge is 0.363 e. The Hall–Kier alpha value is -2.63. The number of hydrogen-bond donors (Lipinski definition) is 1. The molecule has 0 radical (unpaired) electrons. The minimum atomic E-state index is -0.262. The molecule has 1 aromatic heterocycles. The first-order chi connectivity index (χ1) is 10.7. The molecular weight excluding hydrogens is 282 g/mol. The van der Waals surface area contributed by atoms with Gasteiger partial charge < -0.3 is 14.7 Å². The van der Waals surface area contributed by atoms with Crippen molar-refractivity contribution in [3.05, 3.63) is 48.2 Å². The first-order valence-electron chi connectivity index (χ1n) is 7.26. The highest BCUT2D eigenvalue weighted by atomic mass is 16.5. The Labute approximate surface area is 128 Å². The molecule has 1 heterocycles. The van der Waals surface area contributed by atoms with Crippen molar-refractivity contribution in [2.75, 3.05) is 11.9 Å². The molecule has 2 amide bonds. The molecule has 1 aliphatic carbocycles. The number of nitrogens with zero attached hydrogens (tertiary/aromatic N) is 2. The summed E-state index contributed by atoms with van der Waals surface area (Å²) in [5, 5.41) is 6.24. The van der Waals surface area contributed by atoms with Crippen LogP contribution in [0.2, 0.25) is 0 Å². The van der Waals surface area contributed by atoms with Gasteiger partial charge in [0.2, 0.25) is 11.8 Å². The molecule has 6 heteroatoms. The fourth-order valence-electron chi connectivity index (χ4n) is 2.29. The molecular formula is C16H17N3O3. The SMILES string of the molecule is O=C(CN(C(=O)Cc1ccccc1)C1CC1)Nc1ccon1. The summed E-state index contributed by atoms with van der Waals surface area (Å²) in [7, 11) is 0. The first kappa shape index (κ1) is 14.3. The molecule has 1 N–H and O–H groups in total. The number of benzene rings is 1. The Morgan fingerprint density at radius 3 is 2.64 bits per heavy atom. The monoisotopic (exact) mass is 299 g/mol. The summed E-state index contributed by atoms with van der Waals surface area (Å²) in [6, 6.07) is 11.3. The summed E-state index contributed by atoms with van der Waals surface area (Å²) < 4.78 is 4.66. The van der Waals surface area contributed by atoms with E-state index in [-0.39, 0.29) is 24.4 Å². The lowest BCUT2D eigenvalue weighted by atomic mass is 10.1. The Balaban J connectivity index is 1.60. The van der Waals surface area contributed by atoms with E-state index in [2.05, 4.69) is 15.0 Å². The van der Waals surface area contributed by atoms with Crippen molar-refractivity contribution in [2.45, 2.75) is 25.3 Å². The summed E-state index contributed by atoms with van der Waals surface area (Å²) in [5.41, 5.74) is 0.954. The molecule has 0 atom stereocenters. The van der Waals surface area contributed by atoms with Crippen LogP contribution >= 0.6 is 0 Å². The Morgan fingerprint density at radius 1 is 1.23 bits per heavy atom. The average molecular weight is 299 g/mol. The van der Waals surface area contributed by atoms with Crippen molar-refractivity contribution >= 4 is 17.6 Å². The summed E-state index contributed by atoms with van der Waals surface area (Å²) in [6.07, 6.45) is 3.61. The van der Waals surface area contributed by atoms with Crippen LogP contribution in [-0.4, -0.2) is 34.5 Å². The quantitative estimate of drug-likeness (QED) is 0.883. The van der Waals surface area contributed by atoms with Crippen molar-refractivity contribution in [2.24, 2.45) is 0 Å². The molecule has 1 saturated carbocycles. The van der Waals surface area contributed by atoms with E-state index in [4.69, 9.17) is 0 Å². The van der Waals surface area contributed by atoms with Crippen LogP contribution in [0.4, 0.5) is 5.82 Å². The second kappa shape index (κ2) is 6.43. The number of carbonyl (C=O) groups is 2. The van der Waals surface area contributed by atoms with Gasteiger partial charge >= 0.3 is 0 Å². The molecule has 114 valence electrons. The van der Waals surface area contributed by atoms with Crippen LogP contribution in [0, 0.1) is 0 Å². The van der Waals surface area contributed by atoms with Crippen LogP contribution in [0.5, 0.6) is 0 Å². The maximum absolute atomic E-state index is 12.4. The molecule has 1 aromatic carbocycles. The van der Waals surface area contributed by atoms with Gasteiger partial charge in [0, 0.05) is 12.1 Å². The first-order valence-corrected chi connectivity index (χ1v) is 7.26. The highest BCUT2D eigenvalue weighted by molar-refractivity contribution is 5.94. The zero-order valence-corrected chi connectivity index (χ0v) is 12.1. The lowest BCUT2D eigenvalue weighted by Crippen LogP contribution is -2.40. The smallest absolute Gasteiger partial charge is 0.245 e. The van der Waals surface area contributed by atoms with E-state index in [1.54, 1.807) is 11.0 Å². The van der Waals surface area contributed by atoms with Crippen molar-refractivity contribution in [1.29, 1.82) is 0 Å². The molecule has 0 spiro atoms. The van der Waals surface area contributed by atoms with E-state index in [0.29, 0.717) is 12.2 Å². The normalized spacial score (nSPS) is 13.6. The van der Waals surface area contributed by atoms with Crippen LogP contribution < -0.4 is 5.32 Å². The number of nitrogens with one attached hydrogen (secondary N) is 1. The molecule has 3 rings (SSSR count). The number of carbonyl (C=O) groups excluding carboxylic acids is 2. The van der Waals surface area contributed by atoms with Gasteiger partial charge in [-0.05, 0) is 18.4 Å². The summed E-state index contributed by atoms with van der Waals surface area (Å²) in [5.74, 6) is 0.0717. The van der Waals surface area contributed by atoms with E-state index < -0.39 is 0 Å². The van der Waals surface area contributed by atoms with E-state index in [9.17, 15) is 9.59 Å². The van der Waals surface area contributed by atoms with Crippen molar-refractivity contribution in [1.82, 2.24) is 10.1 Å². The highest BCUT2D eigenvalue weighted by Gasteiger charge is 2.33. The zero-order chi connectivity index (χ0) is 15.4. The molecule has 1 aliphatic rings. The minimum Gasteiger partial charge on any atom is -0.363 e. The number of aromatic nitrogens is 1. The predicted molar refractivity (Wildman–Crippen MR) is 80.0 cm³/mol. The van der Waals surface area contributed by atoms with Crippen molar-refractivity contribution in [3.8, 4) is 0 Å². The lowest BCUT2D eigenvalue weighted by Gasteiger charge is -2.21. The van der Waals surface area contributed by atoms with Gasteiger partial charge in [0.1, 0.15) is 12.8 Å². The maximum atomic E-state index is 12.4. The highest BCUT2D eigenvalue weighted by Crippen LogP contribution is 2.27. The van der Waals surface area contributed by atoms with Gasteiger partial charge in [0.25, 0.3) is 0 Å². The Morgan fingerprint density at radius 2 is 2.00 bits per heavy atom. The van der Waals surface area contributed by atoms with Gasteiger partial charge in [-0.1, -0.05) is 35.5 Å². The summed E-state index contributed by atoms with van der Waals surface area (Å²) in [6.45, 7) is 0.0448. The number of anilines is 1. The third kappa shape index (κ3) is 3.72. The van der Waals surface area contributed by atoms with Crippen LogP contribution in [-0.2, 0) is 16.0 Å². The second-order valence-corrected chi connectivity index (χ2v) is 5.35.